The number of benzene rings is 1. The first-order chi connectivity index (χ1) is 10.5. The highest BCUT2D eigenvalue weighted by atomic mass is 35.5. The average Bonchev–Trinajstić information content (AvgIpc) is 2.46. The Morgan fingerprint density at radius 3 is 2.41 bits per heavy atom. The summed E-state index contributed by atoms with van der Waals surface area (Å²) in [5, 5.41) is 11.4. The normalized spacial score (nSPS) is 10.1. The molecule has 0 saturated heterocycles. The molecule has 1 aromatic carbocycles. The second-order valence-electron chi connectivity index (χ2n) is 4.27. The van der Waals surface area contributed by atoms with E-state index in [1.165, 1.54) is 0 Å². The number of anilines is 1. The number of nitrogens with one attached hydrogen (secondary N) is 3. The van der Waals surface area contributed by atoms with Crippen LogP contribution in [-0.2, 0) is 6.42 Å². The van der Waals surface area contributed by atoms with Crippen molar-refractivity contribution in [1.29, 1.82) is 0 Å². The monoisotopic (exact) mass is 359 g/mol. The molecule has 9 heteroatoms. The summed E-state index contributed by atoms with van der Waals surface area (Å²) in [7, 11) is 0. The van der Waals surface area contributed by atoms with Crippen LogP contribution in [0.4, 0.5) is 10.6 Å². The highest BCUT2D eigenvalue weighted by molar-refractivity contribution is 6.34. The number of hydrogen-bond donors (Lipinski definition) is 3. The first kappa shape index (κ1) is 16.6. The van der Waals surface area contributed by atoms with Crippen molar-refractivity contribution in [3.8, 4) is 0 Å². The molecular formula is C13H12Cl3N5O. The van der Waals surface area contributed by atoms with E-state index in [-0.39, 0.29) is 5.15 Å². The molecule has 1 heterocycles. The molecule has 2 amide bonds. The summed E-state index contributed by atoms with van der Waals surface area (Å²) in [5.74, 6) is 0.376. The van der Waals surface area contributed by atoms with Gasteiger partial charge in [-0.25, -0.2) is 4.79 Å². The molecule has 3 N–H and O–H groups in total. The third kappa shape index (κ3) is 5.55. The van der Waals surface area contributed by atoms with E-state index in [9.17, 15) is 4.79 Å². The molecule has 22 heavy (non-hydrogen) atoms. The minimum Gasteiger partial charge on any atom is -0.336 e. The smallest absolute Gasteiger partial charge is 0.333 e. The molecule has 1 aromatic heterocycles. The Balaban J connectivity index is 1.72. The van der Waals surface area contributed by atoms with Crippen LogP contribution in [0.15, 0.2) is 30.3 Å². The zero-order valence-electron chi connectivity index (χ0n) is 11.2. The van der Waals surface area contributed by atoms with Gasteiger partial charge in [0.15, 0.2) is 11.0 Å². The van der Waals surface area contributed by atoms with E-state index < -0.39 is 6.03 Å². The van der Waals surface area contributed by atoms with E-state index in [1.54, 1.807) is 30.3 Å². The number of aromatic nitrogens is 2. The van der Waals surface area contributed by atoms with Crippen molar-refractivity contribution in [2.75, 3.05) is 12.0 Å². The molecule has 0 radical (unpaired) electrons. The molecule has 6 nitrogen and oxygen atoms in total. The van der Waals surface area contributed by atoms with Crippen molar-refractivity contribution in [2.45, 2.75) is 6.42 Å². The maximum atomic E-state index is 11.6. The molecule has 0 aliphatic carbocycles. The third-order valence-electron chi connectivity index (χ3n) is 2.56. The van der Waals surface area contributed by atoms with Crippen LogP contribution >= 0.6 is 34.8 Å². The van der Waals surface area contributed by atoms with E-state index >= 15 is 0 Å². The van der Waals surface area contributed by atoms with Crippen LogP contribution in [0.3, 0.4) is 0 Å². The van der Waals surface area contributed by atoms with Gasteiger partial charge in [-0.2, -0.15) is 0 Å². The van der Waals surface area contributed by atoms with Gasteiger partial charge in [-0.15, -0.1) is 10.2 Å². The van der Waals surface area contributed by atoms with E-state index in [4.69, 9.17) is 34.8 Å². The largest absolute Gasteiger partial charge is 0.336 e. The van der Waals surface area contributed by atoms with Gasteiger partial charge >= 0.3 is 6.03 Å². The van der Waals surface area contributed by atoms with Crippen LogP contribution in [-0.4, -0.2) is 22.8 Å². The van der Waals surface area contributed by atoms with Gasteiger partial charge in [0.2, 0.25) is 0 Å². The third-order valence-corrected chi connectivity index (χ3v) is 3.20. The minimum absolute atomic E-state index is 0.273. The zero-order chi connectivity index (χ0) is 15.9. The highest BCUT2D eigenvalue weighted by Gasteiger charge is 2.02. The summed E-state index contributed by atoms with van der Waals surface area (Å²) in [6, 6.07) is 8.00. The van der Waals surface area contributed by atoms with E-state index in [0.717, 1.165) is 5.56 Å². The second kappa shape index (κ2) is 8.03. The molecular weight excluding hydrogens is 349 g/mol. The quantitative estimate of drug-likeness (QED) is 0.715. The number of hydrazine groups is 1. The number of carbonyl (C=O) groups excluding carboxylic acids is 1. The molecule has 0 atom stereocenters. The maximum absolute atomic E-state index is 11.6. The number of amides is 2. The molecule has 0 aliphatic rings. The van der Waals surface area contributed by atoms with Gasteiger partial charge in [-0.05, 0) is 42.3 Å². The van der Waals surface area contributed by atoms with Gasteiger partial charge in [-0.3, -0.25) is 10.9 Å². The fourth-order valence-electron chi connectivity index (χ4n) is 1.62. The van der Waals surface area contributed by atoms with Crippen LogP contribution in [0.25, 0.3) is 0 Å². The van der Waals surface area contributed by atoms with Gasteiger partial charge in [0.25, 0.3) is 0 Å². The number of carbonyl (C=O) groups is 1. The van der Waals surface area contributed by atoms with Crippen molar-refractivity contribution in [1.82, 2.24) is 20.9 Å². The molecule has 0 spiro atoms. The Labute approximate surface area is 142 Å². The Hall–Kier alpha value is -1.76. The lowest BCUT2D eigenvalue weighted by molar-refractivity contribution is 0.243. The molecule has 0 aliphatic heterocycles. The highest BCUT2D eigenvalue weighted by Crippen LogP contribution is 2.19. The maximum Gasteiger partial charge on any atom is 0.333 e. The molecule has 116 valence electrons. The average molecular weight is 361 g/mol. The van der Waals surface area contributed by atoms with Crippen molar-refractivity contribution < 1.29 is 4.79 Å². The Morgan fingerprint density at radius 2 is 1.77 bits per heavy atom. The van der Waals surface area contributed by atoms with Crippen LogP contribution in [0.5, 0.6) is 0 Å². The molecule has 0 bridgehead atoms. The number of nitrogens with zero attached hydrogens (tertiary/aromatic N) is 2. The van der Waals surface area contributed by atoms with Gasteiger partial charge in [0.1, 0.15) is 0 Å². The fourth-order valence-corrected chi connectivity index (χ4v) is 2.30. The summed E-state index contributed by atoms with van der Waals surface area (Å²) >= 11 is 17.4. The van der Waals surface area contributed by atoms with E-state index in [0.29, 0.717) is 28.8 Å². The Kier molecular flexibility index (Phi) is 6.06. The van der Waals surface area contributed by atoms with Crippen LogP contribution in [0.1, 0.15) is 5.56 Å². The summed E-state index contributed by atoms with van der Waals surface area (Å²) in [4.78, 5) is 11.6. The first-order valence-electron chi connectivity index (χ1n) is 6.27. The van der Waals surface area contributed by atoms with Crippen molar-refractivity contribution in [2.24, 2.45) is 0 Å². The standard InChI is InChI=1S/C13H12Cl3N5O/c14-9-5-8(6-10(15)7-9)3-4-17-13(22)21-20-12-2-1-11(16)18-19-12/h1-2,5-7H,3-4H2,(H,19,20)(H2,17,21,22). The van der Waals surface area contributed by atoms with Crippen LogP contribution in [0, 0.1) is 0 Å². The van der Waals surface area contributed by atoms with Gasteiger partial charge in [0, 0.05) is 16.6 Å². The fraction of sp³-hybridized carbons (Fsp3) is 0.154. The predicted molar refractivity (Wildman–Crippen MR) is 87.4 cm³/mol. The lowest BCUT2D eigenvalue weighted by Gasteiger charge is -2.09. The van der Waals surface area contributed by atoms with Gasteiger partial charge in [-0.1, -0.05) is 34.8 Å². The van der Waals surface area contributed by atoms with E-state index in [1.807, 2.05) is 0 Å². The van der Waals surface area contributed by atoms with Gasteiger partial charge in [0.05, 0.1) is 0 Å². The zero-order valence-corrected chi connectivity index (χ0v) is 13.5. The lowest BCUT2D eigenvalue weighted by Crippen LogP contribution is -2.40. The molecule has 0 unspecified atom stereocenters. The Morgan fingerprint density at radius 1 is 1.05 bits per heavy atom. The van der Waals surface area contributed by atoms with Crippen molar-refractivity contribution in [3.63, 3.8) is 0 Å². The number of halogens is 3. The number of urea groups is 1. The number of hydrogen-bond acceptors (Lipinski definition) is 4. The summed E-state index contributed by atoms with van der Waals surface area (Å²) < 4.78 is 0. The number of rotatable bonds is 5. The summed E-state index contributed by atoms with van der Waals surface area (Å²) in [5.41, 5.74) is 5.97. The van der Waals surface area contributed by atoms with Gasteiger partial charge < -0.3 is 5.32 Å². The summed E-state index contributed by atoms with van der Waals surface area (Å²) in [6.07, 6.45) is 0.606. The molecule has 2 aromatic rings. The minimum atomic E-state index is -0.398. The van der Waals surface area contributed by atoms with Crippen LogP contribution in [0.2, 0.25) is 15.2 Å². The molecule has 0 saturated carbocycles. The Bertz CT molecular complexity index is 630. The topological polar surface area (TPSA) is 78.9 Å². The molecule has 0 fully saturated rings. The second-order valence-corrected chi connectivity index (χ2v) is 5.54. The first-order valence-corrected chi connectivity index (χ1v) is 7.40. The molecule has 2 rings (SSSR count). The van der Waals surface area contributed by atoms with Crippen molar-refractivity contribution in [3.05, 3.63) is 51.1 Å². The lowest BCUT2D eigenvalue weighted by atomic mass is 10.1. The predicted octanol–water partition coefficient (Wildman–Crippen LogP) is 3.31. The van der Waals surface area contributed by atoms with Crippen LogP contribution < -0.4 is 16.2 Å². The summed E-state index contributed by atoms with van der Waals surface area (Å²) in [6.45, 7) is 0.427. The SMILES string of the molecule is O=C(NCCc1cc(Cl)cc(Cl)c1)NNc1ccc(Cl)nn1. The van der Waals surface area contributed by atoms with E-state index in [2.05, 4.69) is 26.4 Å². The van der Waals surface area contributed by atoms with Crippen molar-refractivity contribution >= 4 is 46.7 Å².